The molecule has 1 atom stereocenters. The van der Waals surface area contributed by atoms with Gasteiger partial charge in [0.2, 0.25) is 0 Å². The quantitative estimate of drug-likeness (QED) is 0.833. The minimum Gasteiger partial charge on any atom is -0.491 e. The molecule has 1 aromatic carbocycles. The maximum absolute atomic E-state index is 13.4. The smallest absolute Gasteiger partial charge is 0.167 e. The molecule has 1 aromatic rings. The van der Waals surface area contributed by atoms with Gasteiger partial charge in [-0.25, -0.2) is 4.39 Å². The van der Waals surface area contributed by atoms with E-state index in [4.69, 9.17) is 10.00 Å². The summed E-state index contributed by atoms with van der Waals surface area (Å²) in [5.41, 5.74) is 0.656. The maximum atomic E-state index is 13.4. The van der Waals surface area contributed by atoms with Crippen LogP contribution in [-0.2, 0) is 0 Å². The van der Waals surface area contributed by atoms with Crippen molar-refractivity contribution in [1.29, 1.82) is 5.26 Å². The Morgan fingerprint density at radius 3 is 2.88 bits per heavy atom. The van der Waals surface area contributed by atoms with Crippen molar-refractivity contribution in [3.8, 4) is 11.8 Å². The van der Waals surface area contributed by atoms with Crippen molar-refractivity contribution in [3.05, 3.63) is 24.0 Å². The van der Waals surface area contributed by atoms with E-state index in [1.807, 2.05) is 6.92 Å². The highest BCUT2D eigenvalue weighted by molar-refractivity contribution is 5.48. The molecule has 3 nitrogen and oxygen atoms in total. The second-order valence-corrected chi connectivity index (χ2v) is 3.49. The standard InChI is InChI=1S/C12H15FN2O/c1-3-16-12-5-4-10(8-11(12)13)15-9(2)6-7-14/h4-5,8-9,15H,3,6H2,1-2H3. The lowest BCUT2D eigenvalue weighted by Crippen LogP contribution is -2.14. The molecule has 0 bridgehead atoms. The van der Waals surface area contributed by atoms with Crippen LogP contribution in [0.5, 0.6) is 5.75 Å². The van der Waals surface area contributed by atoms with E-state index in [1.165, 1.54) is 6.07 Å². The summed E-state index contributed by atoms with van der Waals surface area (Å²) in [5.74, 6) is -0.142. The summed E-state index contributed by atoms with van der Waals surface area (Å²) < 4.78 is 18.5. The second-order valence-electron chi connectivity index (χ2n) is 3.49. The first-order valence-corrected chi connectivity index (χ1v) is 5.23. The van der Waals surface area contributed by atoms with E-state index in [9.17, 15) is 4.39 Å². The molecule has 0 radical (unpaired) electrons. The SMILES string of the molecule is CCOc1ccc(NC(C)CC#N)cc1F. The molecular formula is C12H15FN2O. The van der Waals surface area contributed by atoms with Crippen LogP contribution in [0.2, 0.25) is 0 Å². The molecule has 0 amide bonds. The number of rotatable bonds is 5. The molecule has 0 saturated carbocycles. The number of nitrogens with zero attached hydrogens (tertiary/aromatic N) is 1. The molecule has 0 saturated heterocycles. The molecule has 1 N–H and O–H groups in total. The van der Waals surface area contributed by atoms with Gasteiger partial charge in [-0.1, -0.05) is 0 Å². The Balaban J connectivity index is 2.70. The van der Waals surface area contributed by atoms with E-state index in [2.05, 4.69) is 11.4 Å². The molecule has 0 heterocycles. The average Bonchev–Trinajstić information content (AvgIpc) is 2.22. The largest absolute Gasteiger partial charge is 0.491 e. The van der Waals surface area contributed by atoms with Crippen LogP contribution in [0.1, 0.15) is 20.3 Å². The Labute approximate surface area is 94.8 Å². The number of anilines is 1. The summed E-state index contributed by atoms with van der Waals surface area (Å²) >= 11 is 0. The van der Waals surface area contributed by atoms with Crippen LogP contribution >= 0.6 is 0 Å². The van der Waals surface area contributed by atoms with Crippen molar-refractivity contribution in [2.75, 3.05) is 11.9 Å². The van der Waals surface area contributed by atoms with Gasteiger partial charge < -0.3 is 10.1 Å². The molecule has 1 rings (SSSR count). The summed E-state index contributed by atoms with van der Waals surface area (Å²) in [6, 6.07) is 6.75. The zero-order chi connectivity index (χ0) is 12.0. The fourth-order valence-electron chi connectivity index (χ4n) is 1.34. The lowest BCUT2D eigenvalue weighted by Gasteiger charge is -2.13. The lowest BCUT2D eigenvalue weighted by atomic mass is 10.2. The van der Waals surface area contributed by atoms with Crippen molar-refractivity contribution in [2.45, 2.75) is 26.3 Å². The van der Waals surface area contributed by atoms with Gasteiger partial charge in [-0.2, -0.15) is 5.26 Å². The highest BCUT2D eigenvalue weighted by Crippen LogP contribution is 2.21. The van der Waals surface area contributed by atoms with E-state index in [-0.39, 0.29) is 11.8 Å². The highest BCUT2D eigenvalue weighted by atomic mass is 19.1. The van der Waals surface area contributed by atoms with Crippen LogP contribution in [-0.4, -0.2) is 12.6 Å². The average molecular weight is 222 g/mol. The molecule has 0 spiro atoms. The Bertz CT molecular complexity index is 387. The molecule has 4 heteroatoms. The molecular weight excluding hydrogens is 207 g/mol. The first-order chi connectivity index (χ1) is 7.67. The molecule has 0 aliphatic rings. The highest BCUT2D eigenvalue weighted by Gasteiger charge is 2.06. The number of hydrogen-bond donors (Lipinski definition) is 1. The van der Waals surface area contributed by atoms with Crippen molar-refractivity contribution >= 4 is 5.69 Å². The molecule has 0 aliphatic carbocycles. The van der Waals surface area contributed by atoms with Crippen LogP contribution in [0.4, 0.5) is 10.1 Å². The Hall–Kier alpha value is -1.76. The first kappa shape index (κ1) is 12.3. The van der Waals surface area contributed by atoms with Gasteiger partial charge in [0.25, 0.3) is 0 Å². The van der Waals surface area contributed by atoms with E-state index >= 15 is 0 Å². The summed E-state index contributed by atoms with van der Waals surface area (Å²) in [7, 11) is 0. The molecule has 16 heavy (non-hydrogen) atoms. The van der Waals surface area contributed by atoms with Gasteiger partial charge in [-0.3, -0.25) is 0 Å². The van der Waals surface area contributed by atoms with Crippen molar-refractivity contribution in [2.24, 2.45) is 0 Å². The van der Waals surface area contributed by atoms with Crippen LogP contribution in [0, 0.1) is 17.1 Å². The van der Waals surface area contributed by atoms with Gasteiger partial charge in [0.1, 0.15) is 0 Å². The summed E-state index contributed by atoms with van der Waals surface area (Å²) in [6.07, 6.45) is 0.384. The Morgan fingerprint density at radius 1 is 1.56 bits per heavy atom. The van der Waals surface area contributed by atoms with Gasteiger partial charge in [0, 0.05) is 17.8 Å². The summed E-state index contributed by atoms with van der Waals surface area (Å²) in [6.45, 7) is 4.12. The molecule has 0 aromatic heterocycles. The normalized spacial score (nSPS) is 11.6. The zero-order valence-electron chi connectivity index (χ0n) is 9.46. The van der Waals surface area contributed by atoms with Gasteiger partial charge >= 0.3 is 0 Å². The first-order valence-electron chi connectivity index (χ1n) is 5.23. The van der Waals surface area contributed by atoms with Gasteiger partial charge in [0.15, 0.2) is 11.6 Å². The third-order valence-corrected chi connectivity index (χ3v) is 2.04. The van der Waals surface area contributed by atoms with E-state index in [0.29, 0.717) is 18.7 Å². The second kappa shape index (κ2) is 5.96. The van der Waals surface area contributed by atoms with Crippen LogP contribution in [0.15, 0.2) is 18.2 Å². The van der Waals surface area contributed by atoms with Crippen LogP contribution in [0.3, 0.4) is 0 Å². The fourth-order valence-corrected chi connectivity index (χ4v) is 1.34. The Kier molecular flexibility index (Phi) is 4.59. The van der Waals surface area contributed by atoms with E-state index < -0.39 is 5.82 Å². The van der Waals surface area contributed by atoms with E-state index in [0.717, 1.165) is 0 Å². The van der Waals surface area contributed by atoms with E-state index in [1.54, 1.807) is 19.1 Å². The van der Waals surface area contributed by atoms with Gasteiger partial charge in [-0.15, -0.1) is 0 Å². The topological polar surface area (TPSA) is 45.0 Å². The van der Waals surface area contributed by atoms with Gasteiger partial charge in [-0.05, 0) is 26.0 Å². The van der Waals surface area contributed by atoms with Crippen LogP contribution < -0.4 is 10.1 Å². The number of nitriles is 1. The molecule has 86 valence electrons. The number of ether oxygens (including phenoxy) is 1. The van der Waals surface area contributed by atoms with Gasteiger partial charge in [0.05, 0.1) is 19.1 Å². The molecule has 0 fully saturated rings. The fraction of sp³-hybridized carbons (Fsp3) is 0.417. The third kappa shape index (κ3) is 3.43. The summed E-state index contributed by atoms with van der Waals surface area (Å²) in [4.78, 5) is 0. The third-order valence-electron chi connectivity index (χ3n) is 2.04. The minimum atomic E-state index is -0.393. The van der Waals surface area contributed by atoms with Crippen molar-refractivity contribution in [3.63, 3.8) is 0 Å². The lowest BCUT2D eigenvalue weighted by molar-refractivity contribution is 0.321. The zero-order valence-corrected chi connectivity index (χ0v) is 9.46. The monoisotopic (exact) mass is 222 g/mol. The van der Waals surface area contributed by atoms with Crippen LogP contribution in [0.25, 0.3) is 0 Å². The number of nitrogens with one attached hydrogen (secondary N) is 1. The Morgan fingerprint density at radius 2 is 2.31 bits per heavy atom. The van der Waals surface area contributed by atoms with Crippen molar-refractivity contribution in [1.82, 2.24) is 0 Å². The minimum absolute atomic E-state index is 0.00217. The van der Waals surface area contributed by atoms with Crippen molar-refractivity contribution < 1.29 is 9.13 Å². The molecule has 1 unspecified atom stereocenters. The maximum Gasteiger partial charge on any atom is 0.167 e. The predicted molar refractivity (Wildman–Crippen MR) is 60.9 cm³/mol. The number of halogens is 1. The predicted octanol–water partition coefficient (Wildman–Crippen LogP) is 2.94. The molecule has 0 aliphatic heterocycles. The summed E-state index contributed by atoms with van der Waals surface area (Å²) in [5, 5.41) is 11.5. The number of hydrogen-bond acceptors (Lipinski definition) is 3. The number of benzene rings is 1.